The SMILES string of the molecule is COc1cccc2c1cc(C(C)=O)n2C1CC1. The van der Waals surface area contributed by atoms with Crippen molar-refractivity contribution in [2.45, 2.75) is 25.8 Å². The van der Waals surface area contributed by atoms with Gasteiger partial charge in [0.15, 0.2) is 5.78 Å². The van der Waals surface area contributed by atoms with E-state index < -0.39 is 0 Å². The van der Waals surface area contributed by atoms with Crippen LogP contribution in [0.5, 0.6) is 5.75 Å². The van der Waals surface area contributed by atoms with E-state index in [0.717, 1.165) is 22.3 Å². The second-order valence-corrected chi connectivity index (χ2v) is 4.58. The molecule has 0 atom stereocenters. The van der Waals surface area contributed by atoms with Gasteiger partial charge in [0, 0.05) is 18.4 Å². The number of Topliss-reactive ketones (excluding diaryl/α,β-unsaturated/α-hetero) is 1. The molecule has 1 aliphatic carbocycles. The molecular formula is C14H15NO2. The summed E-state index contributed by atoms with van der Waals surface area (Å²) in [6.45, 7) is 1.62. The third-order valence-corrected chi connectivity index (χ3v) is 3.34. The van der Waals surface area contributed by atoms with Gasteiger partial charge in [-0.2, -0.15) is 0 Å². The summed E-state index contributed by atoms with van der Waals surface area (Å²) < 4.78 is 7.52. The van der Waals surface area contributed by atoms with E-state index in [4.69, 9.17) is 4.74 Å². The Morgan fingerprint density at radius 3 is 2.76 bits per heavy atom. The quantitative estimate of drug-likeness (QED) is 0.757. The first-order chi connectivity index (χ1) is 8.22. The minimum Gasteiger partial charge on any atom is -0.496 e. The molecule has 0 N–H and O–H groups in total. The Kier molecular flexibility index (Phi) is 2.21. The summed E-state index contributed by atoms with van der Waals surface area (Å²) in [6, 6.07) is 8.42. The molecule has 1 fully saturated rings. The van der Waals surface area contributed by atoms with Gasteiger partial charge in [-0.25, -0.2) is 0 Å². The molecule has 1 aromatic heterocycles. The molecule has 0 radical (unpaired) electrons. The molecule has 1 aliphatic rings. The minimum atomic E-state index is 0.121. The maximum Gasteiger partial charge on any atom is 0.176 e. The van der Waals surface area contributed by atoms with Crippen molar-refractivity contribution in [3.05, 3.63) is 30.0 Å². The van der Waals surface area contributed by atoms with Crippen molar-refractivity contribution in [3.8, 4) is 5.75 Å². The van der Waals surface area contributed by atoms with Crippen LogP contribution < -0.4 is 4.74 Å². The number of methoxy groups -OCH3 is 1. The summed E-state index contributed by atoms with van der Waals surface area (Å²) in [7, 11) is 1.66. The van der Waals surface area contributed by atoms with E-state index in [9.17, 15) is 4.79 Å². The van der Waals surface area contributed by atoms with Gasteiger partial charge in [0.2, 0.25) is 0 Å². The van der Waals surface area contributed by atoms with Gasteiger partial charge >= 0.3 is 0 Å². The lowest BCUT2D eigenvalue weighted by Crippen LogP contribution is -2.04. The Hall–Kier alpha value is -1.77. The van der Waals surface area contributed by atoms with Crippen LogP contribution in [0.4, 0.5) is 0 Å². The largest absolute Gasteiger partial charge is 0.496 e. The highest BCUT2D eigenvalue weighted by molar-refractivity contribution is 6.00. The third kappa shape index (κ3) is 1.54. The van der Waals surface area contributed by atoms with Gasteiger partial charge in [0.25, 0.3) is 0 Å². The van der Waals surface area contributed by atoms with E-state index in [0.29, 0.717) is 6.04 Å². The average Bonchev–Trinajstić information content (AvgIpc) is 3.08. The van der Waals surface area contributed by atoms with E-state index in [2.05, 4.69) is 10.6 Å². The molecule has 0 spiro atoms. The first-order valence-corrected chi connectivity index (χ1v) is 5.91. The van der Waals surface area contributed by atoms with E-state index in [-0.39, 0.29) is 5.78 Å². The topological polar surface area (TPSA) is 31.2 Å². The fraction of sp³-hybridized carbons (Fsp3) is 0.357. The summed E-state index contributed by atoms with van der Waals surface area (Å²) in [5, 5.41) is 1.03. The van der Waals surface area contributed by atoms with Crippen molar-refractivity contribution in [2.24, 2.45) is 0 Å². The Labute approximate surface area is 100.0 Å². The predicted octanol–water partition coefficient (Wildman–Crippen LogP) is 3.19. The summed E-state index contributed by atoms with van der Waals surface area (Å²) in [4.78, 5) is 11.7. The number of ketones is 1. The lowest BCUT2D eigenvalue weighted by Gasteiger charge is -2.07. The fourth-order valence-electron chi connectivity index (χ4n) is 2.40. The highest BCUT2D eigenvalue weighted by atomic mass is 16.5. The highest BCUT2D eigenvalue weighted by Crippen LogP contribution is 2.41. The normalized spacial score (nSPS) is 15.2. The second-order valence-electron chi connectivity index (χ2n) is 4.58. The van der Waals surface area contributed by atoms with Crippen molar-refractivity contribution in [2.75, 3.05) is 7.11 Å². The zero-order valence-corrected chi connectivity index (χ0v) is 10.1. The van der Waals surface area contributed by atoms with Gasteiger partial charge in [-0.05, 0) is 31.0 Å². The molecule has 3 rings (SSSR count). The minimum absolute atomic E-state index is 0.121. The molecule has 0 aliphatic heterocycles. The van der Waals surface area contributed by atoms with Crippen molar-refractivity contribution in [1.82, 2.24) is 4.57 Å². The molecule has 1 heterocycles. The molecule has 3 heteroatoms. The number of benzene rings is 1. The lowest BCUT2D eigenvalue weighted by atomic mass is 10.2. The molecule has 3 nitrogen and oxygen atoms in total. The van der Waals surface area contributed by atoms with Gasteiger partial charge in [0.05, 0.1) is 18.3 Å². The number of fused-ring (bicyclic) bond motifs is 1. The Morgan fingerprint density at radius 2 is 2.18 bits per heavy atom. The average molecular weight is 229 g/mol. The number of aromatic nitrogens is 1. The zero-order valence-electron chi connectivity index (χ0n) is 10.1. The molecule has 0 saturated heterocycles. The third-order valence-electron chi connectivity index (χ3n) is 3.34. The first kappa shape index (κ1) is 10.4. The fourth-order valence-corrected chi connectivity index (χ4v) is 2.40. The van der Waals surface area contributed by atoms with Crippen LogP contribution >= 0.6 is 0 Å². The van der Waals surface area contributed by atoms with Crippen molar-refractivity contribution >= 4 is 16.7 Å². The van der Waals surface area contributed by atoms with Crippen LogP contribution in [0.3, 0.4) is 0 Å². The lowest BCUT2D eigenvalue weighted by molar-refractivity contribution is 0.100. The van der Waals surface area contributed by atoms with E-state index in [1.807, 2.05) is 18.2 Å². The Balaban J connectivity index is 2.33. The number of carbonyl (C=O) groups is 1. The van der Waals surface area contributed by atoms with E-state index in [1.165, 1.54) is 12.8 Å². The molecule has 0 amide bonds. The van der Waals surface area contributed by atoms with Crippen LogP contribution in [0.15, 0.2) is 24.3 Å². The first-order valence-electron chi connectivity index (χ1n) is 5.91. The van der Waals surface area contributed by atoms with Gasteiger partial charge in [0.1, 0.15) is 5.75 Å². The monoisotopic (exact) mass is 229 g/mol. The molecule has 17 heavy (non-hydrogen) atoms. The number of nitrogens with zero attached hydrogens (tertiary/aromatic N) is 1. The maximum absolute atomic E-state index is 11.7. The summed E-state index contributed by atoms with van der Waals surface area (Å²) in [5.41, 5.74) is 1.91. The summed E-state index contributed by atoms with van der Waals surface area (Å²) in [5.74, 6) is 0.958. The number of hydrogen-bond donors (Lipinski definition) is 0. The Bertz CT molecular complexity index is 594. The maximum atomic E-state index is 11.7. The van der Waals surface area contributed by atoms with Gasteiger partial charge in [-0.1, -0.05) is 6.07 Å². The smallest absolute Gasteiger partial charge is 0.176 e. The standard InChI is InChI=1S/C14H15NO2/c1-9(16)13-8-11-12(15(13)10-6-7-10)4-3-5-14(11)17-2/h3-5,8,10H,6-7H2,1-2H3. The van der Waals surface area contributed by atoms with Crippen LogP contribution in [0.2, 0.25) is 0 Å². The molecule has 2 aromatic rings. The van der Waals surface area contributed by atoms with E-state index in [1.54, 1.807) is 14.0 Å². The number of carbonyl (C=O) groups excluding carboxylic acids is 1. The van der Waals surface area contributed by atoms with Crippen LogP contribution in [-0.2, 0) is 0 Å². The van der Waals surface area contributed by atoms with Crippen LogP contribution in [0.1, 0.15) is 36.3 Å². The predicted molar refractivity (Wildman–Crippen MR) is 66.8 cm³/mol. The van der Waals surface area contributed by atoms with Gasteiger partial charge in [-0.15, -0.1) is 0 Å². The van der Waals surface area contributed by atoms with Crippen molar-refractivity contribution in [1.29, 1.82) is 0 Å². The molecule has 1 saturated carbocycles. The van der Waals surface area contributed by atoms with Crippen LogP contribution in [0, 0.1) is 0 Å². The van der Waals surface area contributed by atoms with Crippen LogP contribution in [0.25, 0.3) is 10.9 Å². The van der Waals surface area contributed by atoms with Gasteiger partial charge in [-0.3, -0.25) is 4.79 Å². The summed E-state index contributed by atoms with van der Waals surface area (Å²) in [6.07, 6.45) is 2.34. The number of rotatable bonds is 3. The van der Waals surface area contributed by atoms with E-state index >= 15 is 0 Å². The van der Waals surface area contributed by atoms with Crippen LogP contribution in [-0.4, -0.2) is 17.5 Å². The van der Waals surface area contributed by atoms with Crippen molar-refractivity contribution in [3.63, 3.8) is 0 Å². The number of hydrogen-bond acceptors (Lipinski definition) is 2. The zero-order chi connectivity index (χ0) is 12.0. The second kappa shape index (κ2) is 3.62. The molecule has 1 aromatic carbocycles. The molecule has 0 unspecified atom stereocenters. The number of ether oxygens (including phenoxy) is 1. The molecule has 88 valence electrons. The summed E-state index contributed by atoms with van der Waals surface area (Å²) >= 11 is 0. The van der Waals surface area contributed by atoms with Crippen molar-refractivity contribution < 1.29 is 9.53 Å². The molecule has 0 bridgehead atoms. The Morgan fingerprint density at radius 1 is 1.41 bits per heavy atom. The van der Waals surface area contributed by atoms with Gasteiger partial charge < -0.3 is 9.30 Å². The highest BCUT2D eigenvalue weighted by Gasteiger charge is 2.28. The molecular weight excluding hydrogens is 214 g/mol.